The molecule has 1 amide bonds. The number of aromatic nitrogens is 1. The Morgan fingerprint density at radius 1 is 1.39 bits per heavy atom. The number of pyridine rings is 1. The molecule has 0 fully saturated rings. The molecule has 0 bridgehead atoms. The Balaban J connectivity index is 2.12. The Kier molecular flexibility index (Phi) is 2.52. The van der Waals surface area contributed by atoms with Gasteiger partial charge in [0.1, 0.15) is 0 Å². The van der Waals surface area contributed by atoms with Crippen LogP contribution in [0.15, 0.2) is 24.4 Å². The zero-order valence-electron chi connectivity index (χ0n) is 10.2. The van der Waals surface area contributed by atoms with Crippen LogP contribution >= 0.6 is 11.3 Å². The first-order valence-corrected chi connectivity index (χ1v) is 6.52. The predicted molar refractivity (Wildman–Crippen MR) is 74.5 cm³/mol. The first-order valence-electron chi connectivity index (χ1n) is 5.70. The van der Waals surface area contributed by atoms with E-state index >= 15 is 0 Å². The van der Waals surface area contributed by atoms with Gasteiger partial charge < -0.3 is 5.32 Å². The summed E-state index contributed by atoms with van der Waals surface area (Å²) in [6, 6.07) is 5.82. The van der Waals surface area contributed by atoms with Gasteiger partial charge in [0.25, 0.3) is 5.91 Å². The molecule has 0 saturated heterocycles. The Labute approximate surface area is 109 Å². The fraction of sp³-hybridized carbons (Fsp3) is 0.143. The number of hydrogen-bond acceptors (Lipinski definition) is 3. The summed E-state index contributed by atoms with van der Waals surface area (Å²) in [6.45, 7) is 4.13. The predicted octanol–water partition coefficient (Wildman–Crippen LogP) is 3.25. The number of nitrogens with one attached hydrogen (secondary N) is 1. The smallest absolute Gasteiger partial charge is 0.258 e. The lowest BCUT2D eigenvalue weighted by Crippen LogP contribution is -2.03. The van der Waals surface area contributed by atoms with Gasteiger partial charge in [-0.15, -0.1) is 11.3 Å². The van der Waals surface area contributed by atoms with Crippen molar-refractivity contribution in [2.24, 2.45) is 0 Å². The molecule has 2 aromatic rings. The average molecular weight is 256 g/mol. The number of anilines is 1. The van der Waals surface area contributed by atoms with Crippen LogP contribution in [-0.2, 0) is 4.79 Å². The van der Waals surface area contributed by atoms with Gasteiger partial charge in [-0.05, 0) is 43.7 Å². The summed E-state index contributed by atoms with van der Waals surface area (Å²) < 4.78 is 0. The number of thiophene rings is 1. The van der Waals surface area contributed by atoms with Crippen LogP contribution in [0.3, 0.4) is 0 Å². The normalized spacial score (nSPS) is 15.9. The average Bonchev–Trinajstić information content (AvgIpc) is 2.81. The number of hydrogen-bond donors (Lipinski definition) is 1. The second-order valence-electron chi connectivity index (χ2n) is 4.32. The number of aryl methyl sites for hydroxylation is 2. The second-order valence-corrected chi connectivity index (χ2v) is 5.60. The Morgan fingerprint density at radius 2 is 2.22 bits per heavy atom. The molecular weight excluding hydrogens is 244 g/mol. The van der Waals surface area contributed by atoms with Gasteiger partial charge in [0.05, 0.1) is 17.0 Å². The molecule has 0 unspecified atom stereocenters. The number of nitrogens with zero attached hydrogens (tertiary/aromatic N) is 1. The topological polar surface area (TPSA) is 42.0 Å². The number of carbonyl (C=O) groups is 1. The molecule has 0 radical (unpaired) electrons. The minimum absolute atomic E-state index is 0.0749. The van der Waals surface area contributed by atoms with Gasteiger partial charge in [-0.1, -0.05) is 0 Å². The SMILES string of the molecule is Cc1cc(C)c(C=C2C(=O)Nc3cccnc32)s1. The first-order chi connectivity index (χ1) is 8.65. The fourth-order valence-corrected chi connectivity index (χ4v) is 3.06. The highest BCUT2D eigenvalue weighted by atomic mass is 32.1. The molecular formula is C14H12N2OS. The zero-order valence-corrected chi connectivity index (χ0v) is 11.0. The highest BCUT2D eigenvalue weighted by molar-refractivity contribution is 7.13. The molecule has 3 heterocycles. The van der Waals surface area contributed by atoms with Crippen LogP contribution in [0.4, 0.5) is 5.69 Å². The number of rotatable bonds is 1. The van der Waals surface area contributed by atoms with Crippen molar-refractivity contribution in [1.82, 2.24) is 4.98 Å². The van der Waals surface area contributed by atoms with E-state index in [0.717, 1.165) is 16.3 Å². The van der Waals surface area contributed by atoms with Crippen molar-refractivity contribution in [3.8, 4) is 0 Å². The van der Waals surface area contributed by atoms with Crippen LogP contribution in [0.5, 0.6) is 0 Å². The van der Waals surface area contributed by atoms with Gasteiger partial charge in [0, 0.05) is 16.0 Å². The third-order valence-corrected chi connectivity index (χ3v) is 4.01. The van der Waals surface area contributed by atoms with Gasteiger partial charge >= 0.3 is 0 Å². The van der Waals surface area contributed by atoms with Gasteiger partial charge in [-0.25, -0.2) is 0 Å². The van der Waals surface area contributed by atoms with Gasteiger partial charge in [-0.2, -0.15) is 0 Å². The molecule has 4 heteroatoms. The summed E-state index contributed by atoms with van der Waals surface area (Å²) >= 11 is 1.69. The van der Waals surface area contributed by atoms with E-state index in [1.807, 2.05) is 18.2 Å². The largest absolute Gasteiger partial charge is 0.320 e. The monoisotopic (exact) mass is 256 g/mol. The van der Waals surface area contributed by atoms with Crippen LogP contribution in [0.2, 0.25) is 0 Å². The third-order valence-electron chi connectivity index (χ3n) is 2.91. The van der Waals surface area contributed by atoms with Gasteiger partial charge in [0.15, 0.2) is 0 Å². The molecule has 3 rings (SSSR count). The quantitative estimate of drug-likeness (QED) is 0.796. The molecule has 2 aromatic heterocycles. The van der Waals surface area contributed by atoms with Gasteiger partial charge in [-0.3, -0.25) is 9.78 Å². The van der Waals surface area contributed by atoms with E-state index in [4.69, 9.17) is 0 Å². The summed E-state index contributed by atoms with van der Waals surface area (Å²) in [6.07, 6.45) is 3.64. The molecule has 1 aliphatic rings. The molecule has 0 saturated carbocycles. The minimum Gasteiger partial charge on any atom is -0.320 e. The van der Waals surface area contributed by atoms with Crippen molar-refractivity contribution < 1.29 is 4.79 Å². The van der Waals surface area contributed by atoms with Gasteiger partial charge in [0.2, 0.25) is 0 Å². The molecule has 3 nitrogen and oxygen atoms in total. The highest BCUT2D eigenvalue weighted by Gasteiger charge is 2.25. The Morgan fingerprint density at radius 3 is 2.94 bits per heavy atom. The molecule has 0 atom stereocenters. The van der Waals surface area contributed by atoms with Crippen LogP contribution in [0.1, 0.15) is 21.0 Å². The van der Waals surface area contributed by atoms with Crippen LogP contribution in [-0.4, -0.2) is 10.9 Å². The summed E-state index contributed by atoms with van der Waals surface area (Å²) in [5, 5.41) is 2.83. The molecule has 1 N–H and O–H groups in total. The molecule has 18 heavy (non-hydrogen) atoms. The van der Waals surface area contributed by atoms with E-state index in [0.29, 0.717) is 5.57 Å². The minimum atomic E-state index is -0.0749. The van der Waals surface area contributed by atoms with Crippen molar-refractivity contribution in [1.29, 1.82) is 0 Å². The third kappa shape index (κ3) is 1.75. The maximum Gasteiger partial charge on any atom is 0.258 e. The van der Waals surface area contributed by atoms with E-state index in [1.54, 1.807) is 17.5 Å². The lowest BCUT2D eigenvalue weighted by atomic mass is 10.1. The second kappa shape index (κ2) is 4.07. The van der Waals surface area contributed by atoms with E-state index < -0.39 is 0 Å². The van der Waals surface area contributed by atoms with E-state index in [-0.39, 0.29) is 5.91 Å². The lowest BCUT2D eigenvalue weighted by molar-refractivity contribution is -0.110. The van der Waals surface area contributed by atoms with Crippen molar-refractivity contribution in [2.75, 3.05) is 5.32 Å². The van der Waals surface area contributed by atoms with Crippen LogP contribution in [0.25, 0.3) is 11.6 Å². The Hall–Kier alpha value is -1.94. The molecule has 90 valence electrons. The summed E-state index contributed by atoms with van der Waals surface area (Å²) in [5.41, 5.74) is 3.38. The summed E-state index contributed by atoms with van der Waals surface area (Å²) in [5.74, 6) is -0.0749. The Bertz CT molecular complexity index is 670. The van der Waals surface area contributed by atoms with Crippen LogP contribution < -0.4 is 5.32 Å². The first kappa shape index (κ1) is 11.2. The number of carbonyl (C=O) groups excluding carboxylic acids is 1. The molecule has 0 spiro atoms. The maximum atomic E-state index is 11.9. The van der Waals surface area contributed by atoms with Crippen molar-refractivity contribution in [3.63, 3.8) is 0 Å². The molecule has 0 aromatic carbocycles. The van der Waals surface area contributed by atoms with E-state index in [9.17, 15) is 4.79 Å². The molecule has 0 aliphatic carbocycles. The zero-order chi connectivity index (χ0) is 12.7. The van der Waals surface area contributed by atoms with Crippen molar-refractivity contribution in [3.05, 3.63) is 45.4 Å². The highest BCUT2D eigenvalue weighted by Crippen LogP contribution is 2.33. The van der Waals surface area contributed by atoms with Crippen LogP contribution in [0, 0.1) is 13.8 Å². The fourth-order valence-electron chi connectivity index (χ4n) is 2.09. The lowest BCUT2D eigenvalue weighted by Gasteiger charge is -1.96. The van der Waals surface area contributed by atoms with E-state index in [2.05, 4.69) is 30.2 Å². The van der Waals surface area contributed by atoms with Crippen molar-refractivity contribution >= 4 is 34.6 Å². The maximum absolute atomic E-state index is 11.9. The van der Waals surface area contributed by atoms with E-state index in [1.165, 1.54) is 10.4 Å². The number of amides is 1. The summed E-state index contributed by atoms with van der Waals surface area (Å²) in [4.78, 5) is 18.6. The summed E-state index contributed by atoms with van der Waals surface area (Å²) in [7, 11) is 0. The van der Waals surface area contributed by atoms with Crippen molar-refractivity contribution in [2.45, 2.75) is 13.8 Å². The number of fused-ring (bicyclic) bond motifs is 1. The standard InChI is InChI=1S/C14H12N2OS/c1-8-6-9(2)18-12(8)7-10-13-11(16-14(10)17)4-3-5-15-13/h3-7H,1-2H3,(H,16,17). The molecule has 1 aliphatic heterocycles.